The van der Waals surface area contributed by atoms with Gasteiger partial charge in [-0.15, -0.1) is 0 Å². The van der Waals surface area contributed by atoms with Gasteiger partial charge >= 0.3 is 0 Å². The number of hydrogen-bond acceptors (Lipinski definition) is 4. The third-order valence-corrected chi connectivity index (χ3v) is 3.16. The molecule has 0 unspecified atom stereocenters. The minimum atomic E-state index is -0.300. The molecule has 25 heavy (non-hydrogen) atoms. The number of fused-ring (bicyclic) bond motifs is 1. The second kappa shape index (κ2) is 8.88. The molecule has 1 aliphatic rings. The number of amides is 2. The molecule has 0 aromatic heterocycles. The van der Waals surface area contributed by atoms with Crippen molar-refractivity contribution in [2.45, 2.75) is 0 Å². The number of hydrogen-bond donors (Lipinski definition) is 3. The number of para-hydroxylation sites is 2. The van der Waals surface area contributed by atoms with Crippen molar-refractivity contribution < 1.29 is 19.8 Å². The van der Waals surface area contributed by atoms with E-state index in [4.69, 9.17) is 10.2 Å². The molecule has 3 aromatic rings. The lowest BCUT2D eigenvalue weighted by atomic mass is 10.1. The fourth-order valence-corrected chi connectivity index (χ4v) is 1.97. The van der Waals surface area contributed by atoms with E-state index >= 15 is 0 Å². The normalized spacial score (nSPS) is 11.2. The van der Waals surface area contributed by atoms with Gasteiger partial charge in [0.05, 0.1) is 11.1 Å². The molecule has 0 fully saturated rings. The van der Waals surface area contributed by atoms with Crippen molar-refractivity contribution >= 4 is 11.8 Å². The quantitative estimate of drug-likeness (QED) is 0.550. The third kappa shape index (κ3) is 5.51. The Balaban J connectivity index is 0.000000142. The number of phenolic OH excluding ortho intramolecular Hbond substituents is 2. The Morgan fingerprint density at radius 2 is 0.840 bits per heavy atom. The molecule has 4 rings (SSSR count). The van der Waals surface area contributed by atoms with E-state index in [0.29, 0.717) is 22.6 Å². The van der Waals surface area contributed by atoms with E-state index in [0.717, 1.165) is 0 Å². The summed E-state index contributed by atoms with van der Waals surface area (Å²) in [4.78, 5) is 21.9. The zero-order chi connectivity index (χ0) is 18.1. The van der Waals surface area contributed by atoms with Gasteiger partial charge in [-0.1, -0.05) is 48.5 Å². The third-order valence-electron chi connectivity index (χ3n) is 3.16. The van der Waals surface area contributed by atoms with Gasteiger partial charge in [-0.05, 0) is 36.4 Å². The van der Waals surface area contributed by atoms with Crippen molar-refractivity contribution in [1.29, 1.82) is 0 Å². The Labute approximate surface area is 145 Å². The number of aromatic hydroxyl groups is 2. The molecule has 5 heteroatoms. The first-order valence-corrected chi connectivity index (χ1v) is 7.50. The van der Waals surface area contributed by atoms with Gasteiger partial charge in [0.15, 0.2) is 0 Å². The smallest absolute Gasteiger partial charge is 0.258 e. The molecule has 0 aliphatic carbocycles. The second-order valence-corrected chi connectivity index (χ2v) is 5.00. The Bertz CT molecular complexity index is 762. The lowest BCUT2D eigenvalue weighted by molar-refractivity contribution is 0.0879. The Morgan fingerprint density at radius 3 is 1.12 bits per heavy atom. The standard InChI is InChI=1S/C8H5NO2.2C6H6O/c10-7-5-3-1-2-4-6(5)8(11)9-7;2*7-6-4-2-1-3-5-6/h1-4H,(H,9,10,11);2*1-5,7H. The molecule has 1 aliphatic heterocycles. The maximum atomic E-state index is 10.9. The monoisotopic (exact) mass is 335 g/mol. The van der Waals surface area contributed by atoms with Crippen LogP contribution in [0.15, 0.2) is 84.9 Å². The highest BCUT2D eigenvalue weighted by atomic mass is 16.3. The molecule has 0 saturated heterocycles. The number of carbonyl (C=O) groups is 2. The number of phenols is 2. The predicted molar refractivity (Wildman–Crippen MR) is 94.5 cm³/mol. The van der Waals surface area contributed by atoms with Gasteiger partial charge in [-0.3, -0.25) is 14.9 Å². The van der Waals surface area contributed by atoms with Crippen LogP contribution >= 0.6 is 0 Å². The number of imide groups is 1. The molecule has 0 atom stereocenters. The van der Waals surface area contributed by atoms with Crippen LogP contribution in [0.4, 0.5) is 0 Å². The molecule has 2 amide bonds. The minimum Gasteiger partial charge on any atom is -0.508 e. The predicted octanol–water partition coefficient (Wildman–Crippen LogP) is 3.35. The van der Waals surface area contributed by atoms with Crippen molar-refractivity contribution in [1.82, 2.24) is 5.32 Å². The van der Waals surface area contributed by atoms with Gasteiger partial charge < -0.3 is 10.2 Å². The molecule has 0 radical (unpaired) electrons. The highest BCUT2D eigenvalue weighted by Crippen LogP contribution is 2.13. The average Bonchev–Trinajstić information content (AvgIpc) is 2.92. The molecule has 3 aromatic carbocycles. The van der Waals surface area contributed by atoms with Crippen LogP contribution in [-0.4, -0.2) is 22.0 Å². The zero-order valence-corrected chi connectivity index (χ0v) is 13.3. The first kappa shape index (κ1) is 17.7. The fourth-order valence-electron chi connectivity index (χ4n) is 1.97. The van der Waals surface area contributed by atoms with Crippen molar-refractivity contribution in [2.75, 3.05) is 0 Å². The van der Waals surface area contributed by atoms with E-state index in [1.165, 1.54) is 0 Å². The Kier molecular flexibility index (Phi) is 6.31. The maximum absolute atomic E-state index is 10.9. The van der Waals surface area contributed by atoms with Crippen LogP contribution in [0.3, 0.4) is 0 Å². The first-order valence-electron chi connectivity index (χ1n) is 7.50. The van der Waals surface area contributed by atoms with Crippen molar-refractivity contribution in [3.63, 3.8) is 0 Å². The Hall–Kier alpha value is -3.60. The number of benzene rings is 3. The highest BCUT2D eigenvalue weighted by Gasteiger charge is 2.25. The molecule has 1 heterocycles. The van der Waals surface area contributed by atoms with E-state index in [-0.39, 0.29) is 11.8 Å². The lowest BCUT2D eigenvalue weighted by Crippen LogP contribution is -2.19. The molecule has 0 spiro atoms. The summed E-state index contributed by atoms with van der Waals surface area (Å²) in [6, 6.07) is 24.2. The zero-order valence-electron chi connectivity index (χ0n) is 13.3. The molecular formula is C20H17NO4. The van der Waals surface area contributed by atoms with Gasteiger partial charge in [-0.25, -0.2) is 0 Å². The second-order valence-electron chi connectivity index (χ2n) is 5.00. The summed E-state index contributed by atoms with van der Waals surface area (Å²) in [5.74, 6) is 0.0428. The van der Waals surface area contributed by atoms with Crippen LogP contribution in [0.1, 0.15) is 20.7 Å². The molecule has 3 N–H and O–H groups in total. The van der Waals surface area contributed by atoms with E-state index < -0.39 is 0 Å². The summed E-state index contributed by atoms with van der Waals surface area (Å²) >= 11 is 0. The van der Waals surface area contributed by atoms with Crippen molar-refractivity contribution in [2.24, 2.45) is 0 Å². The van der Waals surface area contributed by atoms with Crippen LogP contribution in [0.2, 0.25) is 0 Å². The van der Waals surface area contributed by atoms with Gasteiger partial charge in [-0.2, -0.15) is 0 Å². The highest BCUT2D eigenvalue weighted by molar-refractivity contribution is 6.21. The SMILES string of the molecule is O=C1NC(=O)c2ccccc21.Oc1ccccc1.Oc1ccccc1. The fraction of sp³-hybridized carbons (Fsp3) is 0. The van der Waals surface area contributed by atoms with E-state index in [2.05, 4.69) is 5.32 Å². The average molecular weight is 335 g/mol. The lowest BCUT2D eigenvalue weighted by Gasteiger charge is -1.88. The van der Waals surface area contributed by atoms with Crippen LogP contribution in [-0.2, 0) is 0 Å². The minimum absolute atomic E-state index is 0.300. The van der Waals surface area contributed by atoms with Crippen LogP contribution in [0, 0.1) is 0 Å². The molecule has 5 nitrogen and oxygen atoms in total. The summed E-state index contributed by atoms with van der Waals surface area (Å²) in [5, 5.41) is 19.5. The van der Waals surface area contributed by atoms with Gasteiger partial charge in [0.2, 0.25) is 0 Å². The molecule has 126 valence electrons. The molecule has 0 bridgehead atoms. The molecular weight excluding hydrogens is 318 g/mol. The van der Waals surface area contributed by atoms with Crippen LogP contribution < -0.4 is 5.32 Å². The van der Waals surface area contributed by atoms with Crippen LogP contribution in [0.25, 0.3) is 0 Å². The van der Waals surface area contributed by atoms with Crippen LogP contribution in [0.5, 0.6) is 11.5 Å². The summed E-state index contributed by atoms with van der Waals surface area (Å²) in [6.07, 6.45) is 0. The van der Waals surface area contributed by atoms with Crippen molar-refractivity contribution in [3.8, 4) is 11.5 Å². The Morgan fingerprint density at radius 1 is 0.520 bits per heavy atom. The van der Waals surface area contributed by atoms with Gasteiger partial charge in [0, 0.05) is 0 Å². The maximum Gasteiger partial charge on any atom is 0.258 e. The summed E-state index contributed by atoms with van der Waals surface area (Å²) in [5.41, 5.74) is 0.940. The summed E-state index contributed by atoms with van der Waals surface area (Å²) < 4.78 is 0. The largest absolute Gasteiger partial charge is 0.508 e. The number of carbonyl (C=O) groups excluding carboxylic acids is 2. The molecule has 0 saturated carbocycles. The summed E-state index contributed by atoms with van der Waals surface area (Å²) in [6.45, 7) is 0. The van der Waals surface area contributed by atoms with E-state index in [1.807, 2.05) is 12.1 Å². The van der Waals surface area contributed by atoms with Gasteiger partial charge in [0.25, 0.3) is 11.8 Å². The van der Waals surface area contributed by atoms with E-state index in [9.17, 15) is 9.59 Å². The van der Waals surface area contributed by atoms with Crippen molar-refractivity contribution in [3.05, 3.63) is 96.1 Å². The first-order chi connectivity index (χ1) is 12.1. The van der Waals surface area contributed by atoms with E-state index in [1.54, 1.807) is 72.8 Å². The topological polar surface area (TPSA) is 86.6 Å². The number of nitrogens with one attached hydrogen (secondary N) is 1. The summed E-state index contributed by atoms with van der Waals surface area (Å²) in [7, 11) is 0. The number of rotatable bonds is 0. The van der Waals surface area contributed by atoms with Gasteiger partial charge in [0.1, 0.15) is 11.5 Å².